The van der Waals surface area contributed by atoms with E-state index in [-0.39, 0.29) is 0 Å². The van der Waals surface area contributed by atoms with Crippen molar-refractivity contribution in [1.29, 1.82) is 0 Å². The van der Waals surface area contributed by atoms with Crippen LogP contribution in [0.3, 0.4) is 0 Å². The molecule has 0 saturated heterocycles. The Hall–Kier alpha value is -3.03. The Balaban J connectivity index is 1.78. The van der Waals surface area contributed by atoms with Gasteiger partial charge < -0.3 is 10.6 Å². The van der Waals surface area contributed by atoms with Crippen molar-refractivity contribution in [3.8, 4) is 0 Å². The van der Waals surface area contributed by atoms with E-state index >= 15 is 0 Å². The summed E-state index contributed by atoms with van der Waals surface area (Å²) < 4.78 is 27.1. The van der Waals surface area contributed by atoms with Crippen molar-refractivity contribution < 1.29 is 8.78 Å². The van der Waals surface area contributed by atoms with E-state index in [1.54, 1.807) is 19.9 Å². The first-order chi connectivity index (χ1) is 12.8. The molecule has 0 aliphatic rings. The van der Waals surface area contributed by atoms with Gasteiger partial charge in [-0.25, -0.2) is 18.7 Å². The van der Waals surface area contributed by atoms with Crippen LogP contribution in [0.25, 0.3) is 0 Å². The minimum Gasteiger partial charge on any atom is -0.363 e. The number of H-pyrrole nitrogens is 1. The molecular formula is C19H22F2N6. The maximum absolute atomic E-state index is 14.0. The number of nitrogens with zero attached hydrogens (tertiary/aromatic N) is 3. The summed E-state index contributed by atoms with van der Waals surface area (Å²) in [6.45, 7) is 7.70. The van der Waals surface area contributed by atoms with Crippen LogP contribution in [0.5, 0.6) is 0 Å². The second-order valence-corrected chi connectivity index (χ2v) is 6.71. The smallest absolute Gasteiger partial charge is 0.153 e. The molecule has 0 aliphatic carbocycles. The first-order valence-electron chi connectivity index (χ1n) is 8.71. The van der Waals surface area contributed by atoms with Gasteiger partial charge in [-0.3, -0.25) is 5.10 Å². The van der Waals surface area contributed by atoms with Crippen LogP contribution < -0.4 is 10.6 Å². The normalized spacial score (nSPS) is 12.3. The largest absolute Gasteiger partial charge is 0.363 e. The van der Waals surface area contributed by atoms with Crippen LogP contribution in [0.4, 0.5) is 26.2 Å². The molecule has 3 aromatic rings. The van der Waals surface area contributed by atoms with Crippen LogP contribution in [-0.4, -0.2) is 20.2 Å². The zero-order valence-corrected chi connectivity index (χ0v) is 15.6. The molecule has 3 rings (SSSR count). The van der Waals surface area contributed by atoms with Gasteiger partial charge in [-0.2, -0.15) is 5.10 Å². The number of rotatable bonds is 6. The van der Waals surface area contributed by atoms with Gasteiger partial charge in [-0.15, -0.1) is 0 Å². The zero-order valence-electron chi connectivity index (χ0n) is 15.6. The fourth-order valence-electron chi connectivity index (χ4n) is 2.69. The monoisotopic (exact) mass is 372 g/mol. The zero-order chi connectivity index (χ0) is 19.6. The lowest BCUT2D eigenvalue weighted by molar-refractivity contribution is 0.566. The number of halogens is 2. The summed E-state index contributed by atoms with van der Waals surface area (Å²) in [6, 6.07) is 6.77. The Morgan fingerprint density at radius 1 is 0.963 bits per heavy atom. The van der Waals surface area contributed by atoms with Gasteiger partial charge in [0.2, 0.25) is 0 Å². The Bertz CT molecular complexity index is 938. The van der Waals surface area contributed by atoms with Crippen LogP contribution in [0.1, 0.15) is 49.8 Å². The lowest BCUT2D eigenvalue weighted by Crippen LogP contribution is -2.11. The van der Waals surface area contributed by atoms with E-state index in [1.165, 1.54) is 12.1 Å². The lowest BCUT2D eigenvalue weighted by atomic mass is 10.1. The summed E-state index contributed by atoms with van der Waals surface area (Å²) in [5.74, 6) is 1.43. The Morgan fingerprint density at radius 3 is 2.37 bits per heavy atom. The van der Waals surface area contributed by atoms with Gasteiger partial charge in [-0.1, -0.05) is 19.9 Å². The molecule has 1 unspecified atom stereocenters. The molecule has 0 fully saturated rings. The number of aryl methyl sites for hydroxylation is 1. The lowest BCUT2D eigenvalue weighted by Gasteiger charge is -2.16. The number of hydrogen-bond donors (Lipinski definition) is 3. The second-order valence-electron chi connectivity index (χ2n) is 6.71. The molecule has 2 aromatic heterocycles. The highest BCUT2D eigenvalue weighted by atomic mass is 19.1. The van der Waals surface area contributed by atoms with Crippen molar-refractivity contribution in [2.45, 2.75) is 39.7 Å². The van der Waals surface area contributed by atoms with E-state index in [0.29, 0.717) is 34.8 Å². The molecule has 142 valence electrons. The average molecular weight is 372 g/mol. The standard InChI is InChI=1S/C19H22F2N6/c1-10(2)16-8-19(27-26-16)25-18-9-17(23-12(4)24-18)22-11(3)14-6-5-13(20)7-15(14)21/h5-11H,1-4H3,(H3,22,23,24,25,26,27). The molecule has 0 spiro atoms. The Morgan fingerprint density at radius 2 is 1.70 bits per heavy atom. The molecule has 3 N–H and O–H groups in total. The third kappa shape index (κ3) is 4.58. The van der Waals surface area contributed by atoms with Crippen LogP contribution in [0.15, 0.2) is 30.3 Å². The van der Waals surface area contributed by atoms with E-state index in [2.05, 4.69) is 44.6 Å². The first kappa shape index (κ1) is 18.8. The highest BCUT2D eigenvalue weighted by molar-refractivity contribution is 5.57. The van der Waals surface area contributed by atoms with Crippen LogP contribution in [0.2, 0.25) is 0 Å². The first-order valence-corrected chi connectivity index (χ1v) is 8.71. The van der Waals surface area contributed by atoms with Gasteiger partial charge in [0.1, 0.15) is 29.1 Å². The van der Waals surface area contributed by atoms with Gasteiger partial charge in [0, 0.05) is 29.5 Å². The predicted molar refractivity (Wildman–Crippen MR) is 101 cm³/mol. The highest BCUT2D eigenvalue weighted by Gasteiger charge is 2.14. The predicted octanol–water partition coefficient (Wildman–Crippen LogP) is 4.83. The average Bonchev–Trinajstić information content (AvgIpc) is 3.02. The van der Waals surface area contributed by atoms with E-state index in [4.69, 9.17) is 0 Å². The van der Waals surface area contributed by atoms with Crippen molar-refractivity contribution in [3.05, 3.63) is 59.0 Å². The number of benzene rings is 1. The molecule has 0 aliphatic heterocycles. The van der Waals surface area contributed by atoms with Gasteiger partial charge in [0.15, 0.2) is 5.82 Å². The molecule has 0 bridgehead atoms. The third-order valence-electron chi connectivity index (χ3n) is 4.11. The van der Waals surface area contributed by atoms with Crippen molar-refractivity contribution in [2.24, 2.45) is 0 Å². The Kier molecular flexibility index (Phi) is 5.34. The van der Waals surface area contributed by atoms with Crippen LogP contribution in [0, 0.1) is 18.6 Å². The number of anilines is 3. The molecule has 6 nitrogen and oxygen atoms in total. The molecule has 0 radical (unpaired) electrons. The number of hydrogen-bond acceptors (Lipinski definition) is 5. The second kappa shape index (κ2) is 7.69. The summed E-state index contributed by atoms with van der Waals surface area (Å²) >= 11 is 0. The molecular weight excluding hydrogens is 350 g/mol. The summed E-state index contributed by atoms with van der Waals surface area (Å²) in [6.07, 6.45) is 0. The topological polar surface area (TPSA) is 78.5 Å². The van der Waals surface area contributed by atoms with E-state index in [1.807, 2.05) is 6.07 Å². The maximum atomic E-state index is 14.0. The highest BCUT2D eigenvalue weighted by Crippen LogP contribution is 2.24. The SMILES string of the molecule is Cc1nc(Nc2cc(C(C)C)[nH]n2)cc(NC(C)c2ccc(F)cc2F)n1. The summed E-state index contributed by atoms with van der Waals surface area (Å²) in [4.78, 5) is 8.69. The van der Waals surface area contributed by atoms with Crippen molar-refractivity contribution in [2.75, 3.05) is 10.6 Å². The minimum atomic E-state index is -0.604. The maximum Gasteiger partial charge on any atom is 0.153 e. The van der Waals surface area contributed by atoms with Crippen molar-refractivity contribution >= 4 is 17.5 Å². The molecule has 8 heteroatoms. The van der Waals surface area contributed by atoms with E-state index < -0.39 is 17.7 Å². The molecule has 27 heavy (non-hydrogen) atoms. The van der Waals surface area contributed by atoms with Crippen molar-refractivity contribution in [3.63, 3.8) is 0 Å². The quantitative estimate of drug-likeness (QED) is 0.578. The van der Waals surface area contributed by atoms with Gasteiger partial charge in [-0.05, 0) is 25.8 Å². The number of aromatic amines is 1. The van der Waals surface area contributed by atoms with Gasteiger partial charge in [0.05, 0.1) is 6.04 Å². The minimum absolute atomic E-state index is 0.337. The Labute approximate surface area is 156 Å². The molecule has 0 amide bonds. The van der Waals surface area contributed by atoms with Crippen molar-refractivity contribution in [1.82, 2.24) is 20.2 Å². The van der Waals surface area contributed by atoms with E-state index in [9.17, 15) is 8.78 Å². The van der Waals surface area contributed by atoms with Crippen LogP contribution >= 0.6 is 0 Å². The third-order valence-corrected chi connectivity index (χ3v) is 4.11. The fourth-order valence-corrected chi connectivity index (χ4v) is 2.69. The van der Waals surface area contributed by atoms with Gasteiger partial charge >= 0.3 is 0 Å². The number of aromatic nitrogens is 4. The molecule has 2 heterocycles. The number of nitrogens with one attached hydrogen (secondary N) is 3. The van der Waals surface area contributed by atoms with Crippen LogP contribution in [-0.2, 0) is 0 Å². The molecule has 1 atom stereocenters. The van der Waals surface area contributed by atoms with Gasteiger partial charge in [0.25, 0.3) is 0 Å². The summed E-state index contributed by atoms with van der Waals surface area (Å²) in [5, 5.41) is 13.5. The summed E-state index contributed by atoms with van der Waals surface area (Å²) in [5.41, 5.74) is 1.37. The fraction of sp³-hybridized carbons (Fsp3) is 0.316. The molecule has 0 saturated carbocycles. The van der Waals surface area contributed by atoms with E-state index in [0.717, 1.165) is 11.8 Å². The molecule has 1 aromatic carbocycles. The summed E-state index contributed by atoms with van der Waals surface area (Å²) in [7, 11) is 0.